The number of hydrogen-bond acceptors (Lipinski definition) is 4. The van der Waals surface area contributed by atoms with Crippen molar-refractivity contribution < 1.29 is 32.2 Å². The lowest BCUT2D eigenvalue weighted by atomic mass is 9.51. The highest BCUT2D eigenvalue weighted by molar-refractivity contribution is 5.93. The van der Waals surface area contributed by atoms with Crippen LogP contribution in [0.15, 0.2) is 47.1 Å². The molecule has 4 aliphatic rings. The molecule has 7 heteroatoms. The van der Waals surface area contributed by atoms with E-state index in [1.54, 1.807) is 7.11 Å². The van der Waals surface area contributed by atoms with Crippen molar-refractivity contribution in [1.82, 2.24) is 0 Å². The van der Waals surface area contributed by atoms with Crippen molar-refractivity contribution in [3.63, 3.8) is 0 Å². The number of rotatable bonds is 6. The molecule has 5 rings (SSSR count). The van der Waals surface area contributed by atoms with E-state index >= 15 is 0 Å². The molecule has 202 valence electrons. The molecule has 5 atom stereocenters. The van der Waals surface area contributed by atoms with Crippen LogP contribution in [0.1, 0.15) is 63.4 Å². The number of ether oxygens (including phenoxy) is 2. The number of halogens is 3. The van der Waals surface area contributed by atoms with Crippen molar-refractivity contribution in [1.29, 1.82) is 0 Å². The summed E-state index contributed by atoms with van der Waals surface area (Å²) in [6.07, 6.45) is 2.97. The molecule has 4 nitrogen and oxygen atoms in total. The highest BCUT2D eigenvalue weighted by Gasteiger charge is 2.58. The van der Waals surface area contributed by atoms with Crippen molar-refractivity contribution in [2.45, 2.75) is 64.0 Å². The standard InChI is InChI=1S/C31H33F3O4/c1-30-17-25(19-4-8-22(37-2)9-5-19)29-23-11-7-21(35)16-20(23)6-10-24(29)26(30)12-13-27(30)28(36)18-38-15-3-14-31(32,33)34/h4-5,8-9,16,24-27H,6-7,10-13,15,17-18H2,1-2H3/t24-,25+,26-,27+,30-/m0/s1. The molecule has 4 aliphatic carbocycles. The fourth-order valence-electron chi connectivity index (χ4n) is 7.76. The molecule has 2 saturated carbocycles. The molecule has 1 aromatic carbocycles. The number of Topliss-reactive ketones (excluding diaryl/α,β-unsaturated/α-hetero) is 1. The Hall–Kier alpha value is -2.85. The number of hydrogen-bond donors (Lipinski definition) is 0. The quantitative estimate of drug-likeness (QED) is 0.320. The zero-order chi connectivity index (χ0) is 27.1. The van der Waals surface area contributed by atoms with E-state index in [-0.39, 0.29) is 35.4 Å². The van der Waals surface area contributed by atoms with Crippen molar-refractivity contribution >= 4 is 11.6 Å². The van der Waals surface area contributed by atoms with E-state index in [9.17, 15) is 22.8 Å². The topological polar surface area (TPSA) is 52.6 Å². The summed E-state index contributed by atoms with van der Waals surface area (Å²) in [5.41, 5.74) is 4.93. The number of carbonyl (C=O) groups excluding carboxylic acids is 2. The molecule has 2 fully saturated rings. The predicted octanol–water partition coefficient (Wildman–Crippen LogP) is 6.36. The molecule has 0 heterocycles. The maximum Gasteiger partial charge on any atom is 0.457 e. The van der Waals surface area contributed by atoms with Gasteiger partial charge in [0.05, 0.1) is 7.11 Å². The molecule has 0 saturated heterocycles. The fourth-order valence-corrected chi connectivity index (χ4v) is 7.76. The fraction of sp³-hybridized carbons (Fsp3) is 0.548. The Labute approximate surface area is 221 Å². The molecule has 0 unspecified atom stereocenters. The minimum Gasteiger partial charge on any atom is -0.497 e. The Kier molecular flexibility index (Phi) is 7.30. The average Bonchev–Trinajstić information content (AvgIpc) is 3.24. The third kappa shape index (κ3) is 5.08. The lowest BCUT2D eigenvalue weighted by Crippen LogP contribution is -2.45. The van der Waals surface area contributed by atoms with E-state index in [4.69, 9.17) is 9.47 Å². The van der Waals surface area contributed by atoms with Crippen LogP contribution < -0.4 is 4.74 Å². The molecule has 0 aromatic heterocycles. The summed E-state index contributed by atoms with van der Waals surface area (Å²) in [5, 5.41) is 0. The number of methoxy groups -OCH3 is 1. The van der Waals surface area contributed by atoms with E-state index in [2.05, 4.69) is 19.1 Å². The summed E-state index contributed by atoms with van der Waals surface area (Å²) in [7, 11) is 1.64. The molecule has 0 aliphatic heterocycles. The van der Waals surface area contributed by atoms with E-state index in [0.717, 1.165) is 44.3 Å². The zero-order valence-corrected chi connectivity index (χ0v) is 21.8. The van der Waals surface area contributed by atoms with Crippen LogP contribution in [0.3, 0.4) is 0 Å². The maximum atomic E-state index is 13.3. The third-order valence-corrected chi connectivity index (χ3v) is 9.29. The zero-order valence-electron chi connectivity index (χ0n) is 21.8. The first kappa shape index (κ1) is 26.7. The molecule has 0 N–H and O–H groups in total. The third-order valence-electron chi connectivity index (χ3n) is 9.29. The van der Waals surface area contributed by atoms with Gasteiger partial charge in [-0.2, -0.15) is 13.2 Å². The summed E-state index contributed by atoms with van der Waals surface area (Å²) in [5.74, 6) is 4.68. The summed E-state index contributed by atoms with van der Waals surface area (Å²) in [4.78, 5) is 25.5. The number of carbonyl (C=O) groups is 2. The van der Waals surface area contributed by atoms with Gasteiger partial charge in [-0.05, 0) is 90.7 Å². The Morgan fingerprint density at radius 3 is 2.58 bits per heavy atom. The average molecular weight is 527 g/mol. The van der Waals surface area contributed by atoms with Crippen molar-refractivity contribution in [3.8, 4) is 17.6 Å². The monoisotopic (exact) mass is 526 g/mol. The van der Waals surface area contributed by atoms with Gasteiger partial charge in [-0.25, -0.2) is 0 Å². The Morgan fingerprint density at radius 1 is 1.11 bits per heavy atom. The first-order valence-electron chi connectivity index (χ1n) is 13.4. The highest BCUT2D eigenvalue weighted by Crippen LogP contribution is 2.65. The lowest BCUT2D eigenvalue weighted by molar-refractivity contribution is -0.131. The lowest BCUT2D eigenvalue weighted by Gasteiger charge is -2.52. The van der Waals surface area contributed by atoms with E-state index in [0.29, 0.717) is 18.3 Å². The number of alkyl halides is 3. The molecule has 0 spiro atoms. The number of allylic oxidation sites excluding steroid dienone is 4. The van der Waals surface area contributed by atoms with Crippen molar-refractivity contribution in [2.24, 2.45) is 23.2 Å². The van der Waals surface area contributed by atoms with Crippen LogP contribution in [0.25, 0.3) is 0 Å². The Morgan fingerprint density at radius 2 is 1.87 bits per heavy atom. The largest absolute Gasteiger partial charge is 0.497 e. The van der Waals surface area contributed by atoms with Crippen molar-refractivity contribution in [3.05, 3.63) is 52.6 Å². The van der Waals surface area contributed by atoms with Gasteiger partial charge in [-0.1, -0.05) is 30.6 Å². The van der Waals surface area contributed by atoms with Gasteiger partial charge >= 0.3 is 6.18 Å². The summed E-state index contributed by atoms with van der Waals surface area (Å²) in [6, 6.07) is 8.16. The van der Waals surface area contributed by atoms with Gasteiger partial charge in [0.2, 0.25) is 0 Å². The second kappa shape index (κ2) is 10.4. The van der Waals surface area contributed by atoms with Crippen LogP contribution >= 0.6 is 0 Å². The normalized spacial score (nSPS) is 30.4. The molecule has 38 heavy (non-hydrogen) atoms. The van der Waals surface area contributed by atoms with E-state index in [1.165, 1.54) is 28.2 Å². The predicted molar refractivity (Wildman–Crippen MR) is 136 cm³/mol. The molecular weight excluding hydrogens is 493 g/mol. The second-order valence-corrected chi connectivity index (χ2v) is 11.2. The SMILES string of the molecule is COc1ccc([C@H]2C[C@]3(C)[C@@H](C(=O)COCC#CC(F)(F)F)CC[C@H]3[C@@H]3CCC4=CC(=O)CCC4=C32)cc1. The van der Waals surface area contributed by atoms with Gasteiger partial charge < -0.3 is 9.47 Å². The van der Waals surface area contributed by atoms with Gasteiger partial charge in [0.1, 0.15) is 19.0 Å². The van der Waals surface area contributed by atoms with E-state index in [1.807, 2.05) is 24.1 Å². The molecule has 0 amide bonds. The summed E-state index contributed by atoms with van der Waals surface area (Å²) in [6.45, 7) is 1.59. The van der Waals surface area contributed by atoms with Gasteiger partial charge in [0.15, 0.2) is 11.6 Å². The Balaban J connectivity index is 1.45. The maximum absolute atomic E-state index is 13.3. The minimum atomic E-state index is -4.56. The number of fused-ring (bicyclic) bond motifs is 4. The summed E-state index contributed by atoms with van der Waals surface area (Å²) < 4.78 is 47.5. The van der Waals surface area contributed by atoms with Gasteiger partial charge in [0.25, 0.3) is 0 Å². The second-order valence-electron chi connectivity index (χ2n) is 11.2. The molecule has 1 aromatic rings. The van der Waals surface area contributed by atoms with Crippen LogP contribution in [0, 0.1) is 35.0 Å². The van der Waals surface area contributed by atoms with Crippen LogP contribution in [-0.4, -0.2) is 38.1 Å². The summed E-state index contributed by atoms with van der Waals surface area (Å²) >= 11 is 0. The molecule has 0 bridgehead atoms. The van der Waals surface area contributed by atoms with Gasteiger partial charge in [-0.3, -0.25) is 9.59 Å². The highest BCUT2D eigenvalue weighted by atomic mass is 19.4. The molecule has 0 radical (unpaired) electrons. The number of ketones is 2. The van der Waals surface area contributed by atoms with E-state index < -0.39 is 12.8 Å². The van der Waals surface area contributed by atoms with Crippen LogP contribution in [0.5, 0.6) is 5.75 Å². The minimum absolute atomic E-state index is 0.0481. The smallest absolute Gasteiger partial charge is 0.457 e. The van der Waals surface area contributed by atoms with Crippen LogP contribution in [0.4, 0.5) is 13.2 Å². The first-order valence-corrected chi connectivity index (χ1v) is 13.4. The van der Waals surface area contributed by atoms with Crippen molar-refractivity contribution in [2.75, 3.05) is 20.3 Å². The van der Waals surface area contributed by atoms with Crippen LogP contribution in [0.2, 0.25) is 0 Å². The van der Waals surface area contributed by atoms with Gasteiger partial charge in [0, 0.05) is 24.2 Å². The molecular formula is C31H33F3O4. The van der Waals surface area contributed by atoms with Crippen LogP contribution in [-0.2, 0) is 14.3 Å². The van der Waals surface area contributed by atoms with Gasteiger partial charge in [-0.15, -0.1) is 0 Å². The Bertz CT molecular complexity index is 1230. The number of benzene rings is 1. The first-order chi connectivity index (χ1) is 18.1.